The number of piperidine rings is 1. The van der Waals surface area contributed by atoms with E-state index in [0.717, 1.165) is 9.58 Å². The van der Waals surface area contributed by atoms with E-state index in [9.17, 15) is 27.6 Å². The molecule has 0 aromatic carbocycles. The van der Waals surface area contributed by atoms with Crippen molar-refractivity contribution in [3.63, 3.8) is 0 Å². The first-order valence-corrected chi connectivity index (χ1v) is 9.80. The van der Waals surface area contributed by atoms with E-state index in [2.05, 4.69) is 30.7 Å². The minimum Gasteiger partial charge on any atom is -0.369 e. The summed E-state index contributed by atoms with van der Waals surface area (Å²) < 4.78 is 35.8. The Morgan fingerprint density at radius 1 is 1.27 bits per heavy atom. The Hall–Kier alpha value is -3.38. The topological polar surface area (TPSA) is 232 Å². The molecule has 1 aromatic rings. The zero-order chi connectivity index (χ0) is 22.1. The number of hydrogen-bond acceptors (Lipinski definition) is 10. The van der Waals surface area contributed by atoms with Crippen molar-refractivity contribution in [3.05, 3.63) is 5.82 Å². The van der Waals surface area contributed by atoms with E-state index in [1.807, 2.05) is 0 Å². The van der Waals surface area contributed by atoms with Crippen molar-refractivity contribution in [3.8, 4) is 0 Å². The molecule has 1 aromatic heterocycles. The van der Waals surface area contributed by atoms with Crippen molar-refractivity contribution in [2.75, 3.05) is 6.54 Å². The third-order valence-corrected chi connectivity index (χ3v) is 4.71. The molecule has 2 atom stereocenters. The maximum Gasteiger partial charge on any atom is 0.418 e. The number of nitrogens with one attached hydrogen (secondary N) is 2. The van der Waals surface area contributed by atoms with Gasteiger partial charge in [-0.1, -0.05) is 0 Å². The maximum atomic E-state index is 12.4. The molecule has 2 bridgehead atoms. The molecule has 5 N–H and O–H groups in total. The monoisotopic (exact) mass is 447 g/mol. The molecule has 164 valence electrons. The Kier molecular flexibility index (Phi) is 5.80. The standard InChI is InChI=1S/C12H17N9O8S/c13-8(22)3-9-14-17-18-20(9)5-10(23)15-16-11(24)7-2-1-6-4-19(7)12(25)21(6)29-30(26,27)28/h6-7H,1-5H2,(H2,13,22)(H,15,23)(H,16,24)(H,26,27,28)/t6-,7+/m1/s1. The molecule has 3 heterocycles. The number of hydrogen-bond donors (Lipinski definition) is 4. The third kappa shape index (κ3) is 4.78. The molecule has 0 aliphatic carbocycles. The molecule has 5 amide bonds. The second-order valence-corrected chi connectivity index (χ2v) is 7.45. The van der Waals surface area contributed by atoms with Gasteiger partial charge in [-0.3, -0.25) is 29.8 Å². The second kappa shape index (κ2) is 8.16. The first-order chi connectivity index (χ1) is 14.0. The van der Waals surface area contributed by atoms with Gasteiger partial charge in [-0.25, -0.2) is 9.48 Å². The van der Waals surface area contributed by atoms with Crippen LogP contribution in [0.5, 0.6) is 0 Å². The highest BCUT2D eigenvalue weighted by molar-refractivity contribution is 7.80. The first kappa shape index (κ1) is 21.3. The lowest BCUT2D eigenvalue weighted by atomic mass is 10.0. The molecule has 30 heavy (non-hydrogen) atoms. The zero-order valence-corrected chi connectivity index (χ0v) is 16.0. The lowest BCUT2D eigenvalue weighted by Crippen LogP contribution is -2.54. The van der Waals surface area contributed by atoms with E-state index < -0.39 is 52.8 Å². The number of amides is 5. The number of urea groups is 1. The molecule has 3 rings (SSSR count). The summed E-state index contributed by atoms with van der Waals surface area (Å²) in [7, 11) is -4.90. The normalized spacial score (nSPS) is 20.9. The average Bonchev–Trinajstić information content (AvgIpc) is 3.16. The third-order valence-electron chi connectivity index (χ3n) is 4.36. The largest absolute Gasteiger partial charge is 0.418 e. The minimum atomic E-state index is -4.90. The number of rotatable bonds is 7. The number of carbonyl (C=O) groups excluding carboxylic acids is 4. The fourth-order valence-corrected chi connectivity index (χ4v) is 3.51. The molecule has 0 saturated carbocycles. The van der Waals surface area contributed by atoms with Crippen molar-refractivity contribution in [1.82, 2.24) is 41.0 Å². The molecule has 2 aliphatic heterocycles. The molecule has 2 fully saturated rings. The van der Waals surface area contributed by atoms with Crippen LogP contribution in [0.2, 0.25) is 0 Å². The van der Waals surface area contributed by atoms with Gasteiger partial charge in [0.15, 0.2) is 5.82 Å². The molecule has 17 nitrogen and oxygen atoms in total. The molecule has 0 unspecified atom stereocenters. The predicted octanol–water partition coefficient (Wildman–Crippen LogP) is -4.15. The summed E-state index contributed by atoms with van der Waals surface area (Å²) >= 11 is 0. The van der Waals surface area contributed by atoms with Crippen LogP contribution in [-0.4, -0.2) is 85.5 Å². The zero-order valence-electron chi connectivity index (χ0n) is 15.2. The number of hydroxylamine groups is 2. The number of hydrazine groups is 1. The smallest absolute Gasteiger partial charge is 0.369 e. The number of aromatic nitrogens is 4. The van der Waals surface area contributed by atoms with Crippen molar-refractivity contribution < 1.29 is 36.4 Å². The molecule has 2 aliphatic rings. The van der Waals surface area contributed by atoms with Gasteiger partial charge in [0.25, 0.3) is 11.8 Å². The number of tetrazole rings is 1. The number of carbonyl (C=O) groups is 4. The van der Waals surface area contributed by atoms with Crippen LogP contribution in [0.1, 0.15) is 18.7 Å². The Bertz CT molecular complexity index is 978. The predicted molar refractivity (Wildman–Crippen MR) is 90.4 cm³/mol. The highest BCUT2D eigenvalue weighted by Gasteiger charge is 2.49. The average molecular weight is 447 g/mol. The fraction of sp³-hybridized carbons (Fsp3) is 0.583. The Labute approximate surface area is 168 Å². The van der Waals surface area contributed by atoms with Gasteiger partial charge in [0.05, 0.1) is 12.5 Å². The quantitative estimate of drug-likeness (QED) is 0.231. The van der Waals surface area contributed by atoms with Gasteiger partial charge >= 0.3 is 16.4 Å². The summed E-state index contributed by atoms with van der Waals surface area (Å²) in [6.45, 7) is -0.414. The highest BCUT2D eigenvalue weighted by atomic mass is 32.3. The van der Waals surface area contributed by atoms with Crippen LogP contribution in [0.3, 0.4) is 0 Å². The highest BCUT2D eigenvalue weighted by Crippen LogP contribution is 2.30. The minimum absolute atomic E-state index is 0.00148. The van der Waals surface area contributed by atoms with Gasteiger partial charge in [-0.15, -0.1) is 9.38 Å². The van der Waals surface area contributed by atoms with Gasteiger partial charge < -0.3 is 10.6 Å². The summed E-state index contributed by atoms with van der Waals surface area (Å²) in [4.78, 5) is 48.7. The molecule has 2 saturated heterocycles. The van der Waals surface area contributed by atoms with Gasteiger partial charge in [-0.05, 0) is 23.3 Å². The van der Waals surface area contributed by atoms with Gasteiger partial charge in [0, 0.05) is 6.54 Å². The molecular formula is C12H17N9O8S. The fourth-order valence-electron chi connectivity index (χ4n) is 3.12. The van der Waals surface area contributed by atoms with Crippen molar-refractivity contribution in [1.29, 1.82) is 0 Å². The molecule has 0 spiro atoms. The van der Waals surface area contributed by atoms with Crippen LogP contribution in [0.4, 0.5) is 4.79 Å². The van der Waals surface area contributed by atoms with E-state index in [0.29, 0.717) is 5.06 Å². The Morgan fingerprint density at radius 3 is 2.67 bits per heavy atom. The number of nitrogens with two attached hydrogens (primary N) is 1. The number of primary amides is 1. The molecule has 18 heteroatoms. The second-order valence-electron chi connectivity index (χ2n) is 6.44. The van der Waals surface area contributed by atoms with E-state index in [1.54, 1.807) is 0 Å². The summed E-state index contributed by atoms with van der Waals surface area (Å²) in [5.41, 5.74) is 9.34. The Balaban J connectivity index is 1.54. The van der Waals surface area contributed by atoms with Crippen LogP contribution in [0.15, 0.2) is 0 Å². The van der Waals surface area contributed by atoms with Gasteiger partial charge in [0.1, 0.15) is 12.6 Å². The van der Waals surface area contributed by atoms with E-state index in [-0.39, 0.29) is 31.6 Å². The van der Waals surface area contributed by atoms with Crippen molar-refractivity contribution >= 4 is 34.2 Å². The Morgan fingerprint density at radius 2 is 2.00 bits per heavy atom. The van der Waals surface area contributed by atoms with E-state index in [4.69, 9.17) is 10.3 Å². The first-order valence-electron chi connectivity index (χ1n) is 8.44. The van der Waals surface area contributed by atoms with Crippen molar-refractivity contribution in [2.24, 2.45) is 5.73 Å². The molecular weight excluding hydrogens is 430 g/mol. The van der Waals surface area contributed by atoms with Crippen LogP contribution in [0, 0.1) is 0 Å². The molecule has 0 radical (unpaired) electrons. The van der Waals surface area contributed by atoms with E-state index in [1.165, 1.54) is 0 Å². The summed E-state index contributed by atoms with van der Waals surface area (Å²) in [5.74, 6) is -2.08. The van der Waals surface area contributed by atoms with Crippen LogP contribution >= 0.6 is 0 Å². The summed E-state index contributed by atoms with van der Waals surface area (Å²) in [6, 6.07) is -2.56. The maximum absolute atomic E-state index is 12.4. The number of fused-ring (bicyclic) bond motifs is 2. The summed E-state index contributed by atoms with van der Waals surface area (Å²) in [5, 5.41) is 10.9. The van der Waals surface area contributed by atoms with Crippen LogP contribution < -0.4 is 16.6 Å². The SMILES string of the molecule is NC(=O)Cc1nnnn1CC(=O)NNC(=O)[C@@H]1CC[C@@H]2CN1C(=O)N2OS(=O)(=O)O. The van der Waals surface area contributed by atoms with Crippen molar-refractivity contribution in [2.45, 2.75) is 37.9 Å². The van der Waals surface area contributed by atoms with Crippen LogP contribution in [0.25, 0.3) is 0 Å². The summed E-state index contributed by atoms with van der Waals surface area (Å²) in [6.07, 6.45) is 0.110. The van der Waals surface area contributed by atoms with Crippen LogP contribution in [-0.2, 0) is 42.0 Å². The van der Waals surface area contributed by atoms with Gasteiger partial charge in [-0.2, -0.15) is 13.5 Å². The van der Waals surface area contributed by atoms with Gasteiger partial charge in [0.2, 0.25) is 5.91 Å². The number of nitrogens with zero attached hydrogens (tertiary/aromatic N) is 6. The van der Waals surface area contributed by atoms with E-state index >= 15 is 0 Å². The lowest BCUT2D eigenvalue weighted by Gasteiger charge is -2.29. The lowest BCUT2D eigenvalue weighted by molar-refractivity contribution is -0.132.